The van der Waals surface area contributed by atoms with Gasteiger partial charge in [0.2, 0.25) is 5.75 Å². The van der Waals surface area contributed by atoms with Crippen LogP contribution in [0.15, 0.2) is 30.3 Å². The minimum absolute atomic E-state index is 0. The molecule has 0 spiro atoms. The van der Waals surface area contributed by atoms with Gasteiger partial charge in [-0.25, -0.2) is 0 Å². The van der Waals surface area contributed by atoms with Crippen LogP contribution in [-0.2, 0) is 0 Å². The van der Waals surface area contributed by atoms with Gasteiger partial charge < -0.3 is 34.3 Å². The smallest absolute Gasteiger partial charge is 0.251 e. The van der Waals surface area contributed by atoms with Crippen molar-refractivity contribution in [1.29, 1.82) is 0 Å². The summed E-state index contributed by atoms with van der Waals surface area (Å²) in [6.45, 7) is 12.0. The first kappa shape index (κ1) is 32.4. The van der Waals surface area contributed by atoms with Gasteiger partial charge in [-0.1, -0.05) is 7.43 Å². The zero-order chi connectivity index (χ0) is 26.2. The molecule has 0 aliphatic carbocycles. The zero-order valence-electron chi connectivity index (χ0n) is 21.8. The maximum Gasteiger partial charge on any atom is 0.251 e. The molecule has 0 unspecified atom stereocenters. The van der Waals surface area contributed by atoms with E-state index in [2.05, 4.69) is 10.6 Å². The third-order valence-electron chi connectivity index (χ3n) is 4.39. The topological polar surface area (TPSA) is 104 Å². The summed E-state index contributed by atoms with van der Waals surface area (Å²) in [7, 11) is 3.18. The highest BCUT2D eigenvalue weighted by Gasteiger charge is 2.17. The van der Waals surface area contributed by atoms with Crippen LogP contribution in [0, 0.1) is 0 Å². The van der Waals surface area contributed by atoms with E-state index in [0.717, 1.165) is 0 Å². The molecular formula is C27H42N2O7. The normalized spacial score (nSPS) is 9.53. The van der Waals surface area contributed by atoms with E-state index in [-0.39, 0.29) is 19.2 Å². The van der Waals surface area contributed by atoms with Crippen molar-refractivity contribution in [1.82, 2.24) is 10.6 Å². The highest BCUT2D eigenvalue weighted by atomic mass is 16.5. The summed E-state index contributed by atoms with van der Waals surface area (Å²) in [6, 6.07) is 8.50. The lowest BCUT2D eigenvalue weighted by Gasteiger charge is -2.16. The van der Waals surface area contributed by atoms with Gasteiger partial charge in [-0.3, -0.25) is 9.59 Å². The van der Waals surface area contributed by atoms with Crippen LogP contribution in [0.5, 0.6) is 28.7 Å². The Kier molecular flexibility index (Phi) is 16.0. The van der Waals surface area contributed by atoms with Crippen molar-refractivity contribution in [3.63, 3.8) is 0 Å². The lowest BCUT2D eigenvalue weighted by Crippen LogP contribution is -2.18. The molecule has 202 valence electrons. The predicted molar refractivity (Wildman–Crippen MR) is 142 cm³/mol. The van der Waals surface area contributed by atoms with E-state index >= 15 is 0 Å². The molecule has 0 atom stereocenters. The van der Waals surface area contributed by atoms with Crippen molar-refractivity contribution in [2.45, 2.75) is 42.0 Å². The fourth-order valence-corrected chi connectivity index (χ4v) is 3.01. The Balaban J connectivity index is 0.000000671. The van der Waals surface area contributed by atoms with Gasteiger partial charge in [0.15, 0.2) is 11.5 Å². The molecule has 0 bridgehead atoms. The molecule has 2 amide bonds. The van der Waals surface area contributed by atoms with E-state index in [1.807, 2.05) is 34.6 Å². The molecule has 2 N–H and O–H groups in total. The lowest BCUT2D eigenvalue weighted by molar-refractivity contribution is 0.0954. The van der Waals surface area contributed by atoms with E-state index in [1.165, 1.54) is 0 Å². The number of carbonyl (C=O) groups excluding carboxylic acids is 2. The van der Waals surface area contributed by atoms with Crippen molar-refractivity contribution >= 4 is 11.8 Å². The highest BCUT2D eigenvalue weighted by Crippen LogP contribution is 2.39. The van der Waals surface area contributed by atoms with Crippen LogP contribution in [0.2, 0.25) is 0 Å². The molecule has 0 radical (unpaired) electrons. The first-order chi connectivity index (χ1) is 16.9. The Bertz CT molecular complexity index is 896. The first-order valence-electron chi connectivity index (χ1n) is 11.8. The van der Waals surface area contributed by atoms with Crippen LogP contribution in [0.25, 0.3) is 0 Å². The van der Waals surface area contributed by atoms with Crippen LogP contribution < -0.4 is 34.3 Å². The second kappa shape index (κ2) is 17.8. The van der Waals surface area contributed by atoms with Crippen molar-refractivity contribution in [3.05, 3.63) is 41.5 Å². The van der Waals surface area contributed by atoms with Crippen molar-refractivity contribution in [3.8, 4) is 28.7 Å². The maximum absolute atomic E-state index is 11.7. The number of carbonyl (C=O) groups is 2. The zero-order valence-corrected chi connectivity index (χ0v) is 21.8. The van der Waals surface area contributed by atoms with E-state index in [9.17, 15) is 9.59 Å². The summed E-state index contributed by atoms with van der Waals surface area (Å²) < 4.78 is 27.4. The number of hydrogen-bond acceptors (Lipinski definition) is 7. The number of benzene rings is 2. The van der Waals surface area contributed by atoms with Crippen molar-refractivity contribution in [2.75, 3.05) is 47.1 Å². The molecule has 0 aliphatic rings. The number of nitrogens with one attached hydrogen (secondary N) is 2. The van der Waals surface area contributed by atoms with Gasteiger partial charge in [-0.2, -0.15) is 0 Å². The van der Waals surface area contributed by atoms with Gasteiger partial charge in [0.25, 0.3) is 11.8 Å². The molecular weight excluding hydrogens is 464 g/mol. The van der Waals surface area contributed by atoms with Gasteiger partial charge in [-0.05, 0) is 58.9 Å². The second-order valence-corrected chi connectivity index (χ2v) is 6.82. The fraction of sp³-hybridized carbons (Fsp3) is 0.481. The highest BCUT2D eigenvalue weighted by molar-refractivity contribution is 5.95. The fourth-order valence-electron chi connectivity index (χ4n) is 3.01. The molecule has 9 nitrogen and oxygen atoms in total. The van der Waals surface area contributed by atoms with Gasteiger partial charge in [0.1, 0.15) is 11.5 Å². The number of ether oxygens (including phenoxy) is 5. The van der Waals surface area contributed by atoms with Crippen LogP contribution in [-0.4, -0.2) is 58.9 Å². The molecule has 0 aliphatic heterocycles. The summed E-state index contributed by atoms with van der Waals surface area (Å²) in [5.74, 6) is 2.54. The SMILES string of the molecule is C.CCOc1cc(C(=O)NC)cc(OCC)c1OCC.CCOc1cc(OCC)cc(C(=O)NC)c1. The molecule has 9 heteroatoms. The Morgan fingerprint density at radius 1 is 0.583 bits per heavy atom. The summed E-state index contributed by atoms with van der Waals surface area (Å²) in [6.07, 6.45) is 0. The predicted octanol–water partition coefficient (Wildman–Crippen LogP) is 4.72. The van der Waals surface area contributed by atoms with Crippen LogP contribution in [0.1, 0.15) is 62.8 Å². The summed E-state index contributed by atoms with van der Waals surface area (Å²) in [5.41, 5.74) is 1.02. The van der Waals surface area contributed by atoms with E-state index in [0.29, 0.717) is 72.9 Å². The quantitative estimate of drug-likeness (QED) is 0.429. The van der Waals surface area contributed by atoms with Crippen molar-refractivity contribution in [2.24, 2.45) is 0 Å². The second-order valence-electron chi connectivity index (χ2n) is 6.82. The van der Waals surface area contributed by atoms with Gasteiger partial charge in [0.05, 0.1) is 33.0 Å². The molecule has 0 heterocycles. The Labute approximate surface area is 215 Å². The third-order valence-corrected chi connectivity index (χ3v) is 4.39. The standard InChI is InChI=1S/C14H21NO4.C12H17NO3.CH4/c1-5-17-11-8-10(14(16)15-4)9-12(18-6-2)13(11)19-7-3;1-4-15-10-6-9(12(14)13-3)7-11(8-10)16-5-2;/h8-9H,5-7H2,1-4H3,(H,15,16);6-8H,4-5H2,1-3H3,(H,13,14);1H4. The summed E-state index contributed by atoms with van der Waals surface area (Å²) in [4.78, 5) is 23.2. The molecule has 2 aromatic rings. The third kappa shape index (κ3) is 9.93. The molecule has 2 rings (SSSR count). The Morgan fingerprint density at radius 2 is 0.944 bits per heavy atom. The average molecular weight is 507 g/mol. The van der Waals surface area contributed by atoms with Gasteiger partial charge in [0, 0.05) is 31.3 Å². The van der Waals surface area contributed by atoms with Crippen molar-refractivity contribution < 1.29 is 33.3 Å². The molecule has 36 heavy (non-hydrogen) atoms. The number of hydrogen-bond donors (Lipinski definition) is 2. The molecule has 0 fully saturated rings. The molecule has 0 aromatic heterocycles. The Morgan fingerprint density at radius 3 is 1.28 bits per heavy atom. The Hall–Kier alpha value is -3.62. The van der Waals surface area contributed by atoms with Crippen LogP contribution in [0.4, 0.5) is 0 Å². The average Bonchev–Trinajstić information content (AvgIpc) is 2.85. The number of amides is 2. The maximum atomic E-state index is 11.7. The molecule has 0 saturated heterocycles. The summed E-state index contributed by atoms with van der Waals surface area (Å²) in [5, 5.41) is 5.15. The minimum atomic E-state index is -0.190. The summed E-state index contributed by atoms with van der Waals surface area (Å²) >= 11 is 0. The first-order valence-corrected chi connectivity index (χ1v) is 11.8. The van der Waals surface area contributed by atoms with Crippen LogP contribution >= 0.6 is 0 Å². The van der Waals surface area contributed by atoms with E-state index in [1.54, 1.807) is 44.4 Å². The van der Waals surface area contributed by atoms with Gasteiger partial charge in [-0.15, -0.1) is 0 Å². The monoisotopic (exact) mass is 506 g/mol. The van der Waals surface area contributed by atoms with E-state index in [4.69, 9.17) is 23.7 Å². The van der Waals surface area contributed by atoms with E-state index < -0.39 is 0 Å². The number of rotatable bonds is 12. The molecule has 2 aromatic carbocycles. The van der Waals surface area contributed by atoms with Gasteiger partial charge >= 0.3 is 0 Å². The largest absolute Gasteiger partial charge is 0.494 e. The minimum Gasteiger partial charge on any atom is -0.494 e. The molecule has 0 saturated carbocycles. The van der Waals surface area contributed by atoms with Crippen LogP contribution in [0.3, 0.4) is 0 Å². The lowest BCUT2D eigenvalue weighted by atomic mass is 10.1.